The standard InChI is InChI=1S/C14H21N3O/c18-14(17-11-12-7-9-15-10-12)6-3-5-13-4-1-2-8-16-13/h1-2,4,8,12,15H,3,5-7,9-11H2,(H,17,18). The number of rotatable bonds is 6. The van der Waals surface area contributed by atoms with Crippen LogP contribution in [-0.4, -0.2) is 30.5 Å². The summed E-state index contributed by atoms with van der Waals surface area (Å²) in [5, 5.41) is 6.31. The molecule has 2 rings (SSSR count). The molecule has 1 aromatic rings. The molecule has 98 valence electrons. The first kappa shape index (κ1) is 13.0. The first-order valence-corrected chi connectivity index (χ1v) is 6.72. The summed E-state index contributed by atoms with van der Waals surface area (Å²) in [5.41, 5.74) is 1.06. The van der Waals surface area contributed by atoms with Crippen LogP contribution in [0.5, 0.6) is 0 Å². The second kappa shape index (κ2) is 7.11. The van der Waals surface area contributed by atoms with Crippen molar-refractivity contribution in [3.63, 3.8) is 0 Å². The van der Waals surface area contributed by atoms with Crippen LogP contribution in [-0.2, 0) is 11.2 Å². The summed E-state index contributed by atoms with van der Waals surface area (Å²) in [4.78, 5) is 15.9. The van der Waals surface area contributed by atoms with Gasteiger partial charge in [-0.05, 0) is 50.4 Å². The molecule has 1 amide bonds. The van der Waals surface area contributed by atoms with E-state index in [0.29, 0.717) is 12.3 Å². The molecule has 0 aliphatic carbocycles. The predicted molar refractivity (Wildman–Crippen MR) is 71.2 cm³/mol. The van der Waals surface area contributed by atoms with Gasteiger partial charge in [0.2, 0.25) is 5.91 Å². The lowest BCUT2D eigenvalue weighted by molar-refractivity contribution is -0.121. The summed E-state index contributed by atoms with van der Waals surface area (Å²) < 4.78 is 0. The Bertz CT molecular complexity index is 361. The highest BCUT2D eigenvalue weighted by molar-refractivity contribution is 5.75. The first-order chi connectivity index (χ1) is 8.84. The van der Waals surface area contributed by atoms with E-state index in [1.807, 2.05) is 18.2 Å². The minimum absolute atomic E-state index is 0.165. The van der Waals surface area contributed by atoms with Crippen molar-refractivity contribution < 1.29 is 4.79 Å². The van der Waals surface area contributed by atoms with Crippen molar-refractivity contribution in [3.05, 3.63) is 30.1 Å². The van der Waals surface area contributed by atoms with Crippen LogP contribution in [0.2, 0.25) is 0 Å². The summed E-state index contributed by atoms with van der Waals surface area (Å²) >= 11 is 0. The molecule has 4 nitrogen and oxygen atoms in total. The van der Waals surface area contributed by atoms with E-state index in [9.17, 15) is 4.79 Å². The van der Waals surface area contributed by atoms with Crippen molar-refractivity contribution in [1.82, 2.24) is 15.6 Å². The molecule has 0 saturated carbocycles. The summed E-state index contributed by atoms with van der Waals surface area (Å²) in [6.45, 7) is 2.93. The van der Waals surface area contributed by atoms with Crippen molar-refractivity contribution in [2.24, 2.45) is 5.92 Å². The Kier molecular flexibility index (Phi) is 5.15. The molecule has 0 radical (unpaired) electrons. The molecule has 0 bridgehead atoms. The Labute approximate surface area is 108 Å². The van der Waals surface area contributed by atoms with Crippen LogP contribution < -0.4 is 10.6 Å². The van der Waals surface area contributed by atoms with Crippen molar-refractivity contribution in [2.75, 3.05) is 19.6 Å². The van der Waals surface area contributed by atoms with Gasteiger partial charge in [-0.25, -0.2) is 0 Å². The second-order valence-corrected chi connectivity index (χ2v) is 4.84. The molecule has 4 heteroatoms. The Morgan fingerprint density at radius 1 is 1.50 bits per heavy atom. The molecule has 0 spiro atoms. The highest BCUT2D eigenvalue weighted by Crippen LogP contribution is 2.06. The Morgan fingerprint density at radius 3 is 3.17 bits per heavy atom. The smallest absolute Gasteiger partial charge is 0.220 e. The molecule has 1 unspecified atom stereocenters. The number of amides is 1. The molecular weight excluding hydrogens is 226 g/mol. The maximum Gasteiger partial charge on any atom is 0.220 e. The van der Waals surface area contributed by atoms with E-state index in [1.165, 1.54) is 6.42 Å². The monoisotopic (exact) mass is 247 g/mol. The maximum absolute atomic E-state index is 11.6. The zero-order valence-electron chi connectivity index (χ0n) is 10.7. The van der Waals surface area contributed by atoms with E-state index in [2.05, 4.69) is 15.6 Å². The lowest BCUT2D eigenvalue weighted by Crippen LogP contribution is -2.30. The molecular formula is C14H21N3O. The van der Waals surface area contributed by atoms with E-state index in [4.69, 9.17) is 0 Å². The molecule has 2 heterocycles. The molecule has 0 aromatic carbocycles. The van der Waals surface area contributed by atoms with Gasteiger partial charge in [-0.3, -0.25) is 9.78 Å². The molecule has 2 N–H and O–H groups in total. The number of carbonyl (C=O) groups excluding carboxylic acids is 1. The molecule has 1 aromatic heterocycles. The fraction of sp³-hybridized carbons (Fsp3) is 0.571. The summed E-state index contributed by atoms with van der Waals surface area (Å²) in [6, 6.07) is 5.89. The van der Waals surface area contributed by atoms with Crippen molar-refractivity contribution >= 4 is 5.91 Å². The second-order valence-electron chi connectivity index (χ2n) is 4.84. The quantitative estimate of drug-likeness (QED) is 0.792. The van der Waals surface area contributed by atoms with Crippen LogP contribution in [0.1, 0.15) is 25.0 Å². The van der Waals surface area contributed by atoms with Gasteiger partial charge in [0.1, 0.15) is 0 Å². The van der Waals surface area contributed by atoms with E-state index in [1.54, 1.807) is 6.20 Å². The number of carbonyl (C=O) groups is 1. The van der Waals surface area contributed by atoms with Crippen molar-refractivity contribution in [2.45, 2.75) is 25.7 Å². The van der Waals surface area contributed by atoms with E-state index < -0.39 is 0 Å². The minimum atomic E-state index is 0.165. The molecule has 1 atom stereocenters. The van der Waals surface area contributed by atoms with Gasteiger partial charge in [0.15, 0.2) is 0 Å². The minimum Gasteiger partial charge on any atom is -0.356 e. The third-order valence-electron chi connectivity index (χ3n) is 3.31. The zero-order valence-corrected chi connectivity index (χ0v) is 10.7. The van der Waals surface area contributed by atoms with Gasteiger partial charge in [-0.2, -0.15) is 0 Å². The van der Waals surface area contributed by atoms with Crippen LogP contribution in [0.15, 0.2) is 24.4 Å². The van der Waals surface area contributed by atoms with Crippen LogP contribution >= 0.6 is 0 Å². The highest BCUT2D eigenvalue weighted by atomic mass is 16.1. The molecule has 18 heavy (non-hydrogen) atoms. The van der Waals surface area contributed by atoms with E-state index in [-0.39, 0.29) is 5.91 Å². The number of hydrogen-bond acceptors (Lipinski definition) is 3. The van der Waals surface area contributed by atoms with Crippen LogP contribution in [0, 0.1) is 5.92 Å². The van der Waals surface area contributed by atoms with Crippen molar-refractivity contribution in [1.29, 1.82) is 0 Å². The van der Waals surface area contributed by atoms with E-state index >= 15 is 0 Å². The van der Waals surface area contributed by atoms with Gasteiger partial charge < -0.3 is 10.6 Å². The third-order valence-corrected chi connectivity index (χ3v) is 3.31. The molecule has 1 saturated heterocycles. The van der Waals surface area contributed by atoms with E-state index in [0.717, 1.165) is 38.2 Å². The normalized spacial score (nSPS) is 18.8. The Hall–Kier alpha value is -1.42. The topological polar surface area (TPSA) is 54.0 Å². The SMILES string of the molecule is O=C(CCCc1ccccn1)NCC1CCNC1. The first-order valence-electron chi connectivity index (χ1n) is 6.72. The zero-order chi connectivity index (χ0) is 12.6. The van der Waals surface area contributed by atoms with Gasteiger partial charge in [-0.15, -0.1) is 0 Å². The van der Waals surface area contributed by atoms with Gasteiger partial charge in [0, 0.05) is 24.9 Å². The van der Waals surface area contributed by atoms with Gasteiger partial charge in [-0.1, -0.05) is 6.07 Å². The fourth-order valence-electron chi connectivity index (χ4n) is 2.21. The molecule has 1 fully saturated rings. The van der Waals surface area contributed by atoms with Gasteiger partial charge in [0.05, 0.1) is 0 Å². The van der Waals surface area contributed by atoms with Crippen LogP contribution in [0.4, 0.5) is 0 Å². The average Bonchev–Trinajstić information content (AvgIpc) is 2.91. The number of pyridine rings is 1. The van der Waals surface area contributed by atoms with Crippen molar-refractivity contribution in [3.8, 4) is 0 Å². The number of nitrogens with zero attached hydrogens (tertiary/aromatic N) is 1. The third kappa shape index (κ3) is 4.45. The summed E-state index contributed by atoms with van der Waals surface area (Å²) in [6.07, 6.45) is 5.30. The Morgan fingerprint density at radius 2 is 2.44 bits per heavy atom. The molecule has 1 aliphatic rings. The predicted octanol–water partition coefficient (Wildman–Crippen LogP) is 1.13. The van der Waals surface area contributed by atoms with Crippen LogP contribution in [0.3, 0.4) is 0 Å². The largest absolute Gasteiger partial charge is 0.356 e. The highest BCUT2D eigenvalue weighted by Gasteiger charge is 2.14. The summed E-state index contributed by atoms with van der Waals surface area (Å²) in [5.74, 6) is 0.780. The average molecular weight is 247 g/mol. The lowest BCUT2D eigenvalue weighted by Gasteiger charge is -2.09. The maximum atomic E-state index is 11.6. The Balaban J connectivity index is 1.57. The number of hydrogen-bond donors (Lipinski definition) is 2. The molecule has 1 aliphatic heterocycles. The number of aryl methyl sites for hydroxylation is 1. The summed E-state index contributed by atoms with van der Waals surface area (Å²) in [7, 11) is 0. The number of aromatic nitrogens is 1. The fourth-order valence-corrected chi connectivity index (χ4v) is 2.21. The van der Waals surface area contributed by atoms with Crippen LogP contribution in [0.25, 0.3) is 0 Å². The number of nitrogens with one attached hydrogen (secondary N) is 2. The van der Waals surface area contributed by atoms with Gasteiger partial charge >= 0.3 is 0 Å². The lowest BCUT2D eigenvalue weighted by atomic mass is 10.1. The van der Waals surface area contributed by atoms with Gasteiger partial charge in [0.25, 0.3) is 0 Å².